The molecule has 1 unspecified atom stereocenters. The van der Waals surface area contributed by atoms with Gasteiger partial charge in [0.05, 0.1) is 5.02 Å². The Morgan fingerprint density at radius 2 is 2.24 bits per heavy atom. The molecule has 2 aromatic heterocycles. The lowest BCUT2D eigenvalue weighted by Crippen LogP contribution is -2.38. The molecule has 0 spiro atoms. The molecule has 21 heavy (non-hydrogen) atoms. The summed E-state index contributed by atoms with van der Waals surface area (Å²) >= 11 is 5.94. The molecule has 1 aliphatic heterocycles. The van der Waals surface area contributed by atoms with Crippen molar-refractivity contribution in [3.8, 4) is 0 Å². The summed E-state index contributed by atoms with van der Waals surface area (Å²) in [5.41, 5.74) is 7.60. The number of fused-ring (bicyclic) bond motifs is 1. The minimum atomic E-state index is 0.520. The molecule has 6 heteroatoms. The fraction of sp³-hybridized carbons (Fsp3) is 0.600. The smallest absolute Gasteiger partial charge is 0.202 e. The number of nitrogens with zero attached hydrogens (tertiary/aromatic N) is 4. The molecule has 3 rings (SSSR count). The highest BCUT2D eigenvalue weighted by Crippen LogP contribution is 2.20. The Morgan fingerprint density at radius 3 is 3.05 bits per heavy atom. The lowest BCUT2D eigenvalue weighted by atomic mass is 10.0. The first-order valence-corrected chi connectivity index (χ1v) is 8.04. The molecule has 0 aliphatic carbocycles. The average Bonchev–Trinajstić information content (AvgIpc) is 2.76. The van der Waals surface area contributed by atoms with Crippen molar-refractivity contribution >= 4 is 28.7 Å². The standard InChI is InChI=1S/C15H22ClN5/c1-11-5-2-3-6-20(11)7-4-8-21-14-13(19-15(21)17)9-12(16)10-18-14/h9-11H,2-8H2,1H3,(H2,17,19). The fourth-order valence-corrected chi connectivity index (χ4v) is 3.30. The second-order valence-corrected chi connectivity index (χ2v) is 6.29. The Kier molecular flexibility index (Phi) is 4.31. The van der Waals surface area contributed by atoms with Crippen LogP contribution in [0.15, 0.2) is 12.3 Å². The second kappa shape index (κ2) is 6.20. The van der Waals surface area contributed by atoms with Crippen LogP contribution in [0.2, 0.25) is 5.02 Å². The number of halogens is 1. The van der Waals surface area contributed by atoms with E-state index in [-0.39, 0.29) is 0 Å². The highest BCUT2D eigenvalue weighted by atomic mass is 35.5. The van der Waals surface area contributed by atoms with E-state index in [2.05, 4.69) is 21.8 Å². The van der Waals surface area contributed by atoms with Crippen LogP contribution >= 0.6 is 11.6 Å². The van der Waals surface area contributed by atoms with E-state index in [4.69, 9.17) is 17.3 Å². The quantitative estimate of drug-likeness (QED) is 0.943. The molecule has 2 aromatic rings. The van der Waals surface area contributed by atoms with Crippen molar-refractivity contribution in [3.63, 3.8) is 0 Å². The van der Waals surface area contributed by atoms with Crippen LogP contribution in [0.4, 0.5) is 5.95 Å². The molecule has 114 valence electrons. The summed E-state index contributed by atoms with van der Waals surface area (Å²) < 4.78 is 1.99. The zero-order chi connectivity index (χ0) is 14.8. The van der Waals surface area contributed by atoms with Crippen molar-refractivity contribution in [2.24, 2.45) is 0 Å². The molecule has 1 saturated heterocycles. The van der Waals surface area contributed by atoms with Gasteiger partial charge in [-0.15, -0.1) is 0 Å². The van der Waals surface area contributed by atoms with Gasteiger partial charge in [-0.1, -0.05) is 18.0 Å². The molecule has 1 fully saturated rings. The molecule has 0 amide bonds. The number of imidazole rings is 1. The Balaban J connectivity index is 1.66. The zero-order valence-electron chi connectivity index (χ0n) is 12.4. The van der Waals surface area contributed by atoms with E-state index < -0.39 is 0 Å². The number of hydrogen-bond acceptors (Lipinski definition) is 4. The number of aryl methyl sites for hydroxylation is 1. The molecule has 2 N–H and O–H groups in total. The number of pyridine rings is 1. The lowest BCUT2D eigenvalue weighted by molar-refractivity contribution is 0.157. The predicted octanol–water partition coefficient (Wildman–Crippen LogP) is 2.93. The fourth-order valence-electron chi connectivity index (χ4n) is 3.15. The van der Waals surface area contributed by atoms with Crippen molar-refractivity contribution in [2.45, 2.75) is 45.2 Å². The summed E-state index contributed by atoms with van der Waals surface area (Å²) in [6, 6.07) is 2.51. The van der Waals surface area contributed by atoms with E-state index >= 15 is 0 Å². The molecule has 3 heterocycles. The van der Waals surface area contributed by atoms with Crippen molar-refractivity contribution in [2.75, 3.05) is 18.8 Å². The van der Waals surface area contributed by atoms with Gasteiger partial charge in [-0.05, 0) is 38.8 Å². The Hall–Kier alpha value is -1.33. The molecule has 0 bridgehead atoms. The van der Waals surface area contributed by atoms with Gasteiger partial charge in [-0.25, -0.2) is 9.97 Å². The third-order valence-corrected chi connectivity index (χ3v) is 4.56. The predicted molar refractivity (Wildman–Crippen MR) is 86.5 cm³/mol. The Morgan fingerprint density at radius 1 is 1.38 bits per heavy atom. The van der Waals surface area contributed by atoms with Gasteiger partial charge in [0.15, 0.2) is 5.65 Å². The van der Waals surface area contributed by atoms with Crippen LogP contribution in [0.1, 0.15) is 32.6 Å². The molecule has 0 saturated carbocycles. The van der Waals surface area contributed by atoms with E-state index in [9.17, 15) is 0 Å². The molecule has 0 aromatic carbocycles. The van der Waals surface area contributed by atoms with Crippen molar-refractivity contribution in [1.82, 2.24) is 19.4 Å². The van der Waals surface area contributed by atoms with Gasteiger partial charge in [0.2, 0.25) is 5.95 Å². The zero-order valence-corrected chi connectivity index (χ0v) is 13.2. The summed E-state index contributed by atoms with van der Waals surface area (Å²) in [5.74, 6) is 0.520. The Labute approximate surface area is 130 Å². The van der Waals surface area contributed by atoms with Crippen molar-refractivity contribution < 1.29 is 0 Å². The van der Waals surface area contributed by atoms with Crippen LogP contribution in [0.5, 0.6) is 0 Å². The number of nitrogen functional groups attached to an aromatic ring is 1. The first kappa shape index (κ1) is 14.6. The van der Waals surface area contributed by atoms with Crippen LogP contribution in [-0.4, -0.2) is 38.6 Å². The number of rotatable bonds is 4. The summed E-state index contributed by atoms with van der Waals surface area (Å²) in [4.78, 5) is 11.3. The maximum atomic E-state index is 6.01. The average molecular weight is 308 g/mol. The van der Waals surface area contributed by atoms with Gasteiger partial charge in [0, 0.05) is 25.3 Å². The SMILES string of the molecule is CC1CCCCN1CCCn1c(N)nc2cc(Cl)cnc21. The van der Waals surface area contributed by atoms with Gasteiger partial charge in [0.25, 0.3) is 0 Å². The first-order chi connectivity index (χ1) is 10.1. The van der Waals surface area contributed by atoms with Gasteiger partial charge >= 0.3 is 0 Å². The minimum absolute atomic E-state index is 0.520. The van der Waals surface area contributed by atoms with Crippen LogP contribution in [0.25, 0.3) is 11.2 Å². The van der Waals surface area contributed by atoms with E-state index in [1.165, 1.54) is 25.8 Å². The van der Waals surface area contributed by atoms with Crippen LogP contribution in [0, 0.1) is 0 Å². The topological polar surface area (TPSA) is 60.0 Å². The maximum absolute atomic E-state index is 6.01. The van der Waals surface area contributed by atoms with Crippen LogP contribution < -0.4 is 5.73 Å². The molecule has 5 nitrogen and oxygen atoms in total. The van der Waals surface area contributed by atoms with Gasteiger partial charge in [0.1, 0.15) is 5.52 Å². The highest BCUT2D eigenvalue weighted by molar-refractivity contribution is 6.31. The summed E-state index contributed by atoms with van der Waals surface area (Å²) in [5, 5.41) is 0.592. The summed E-state index contributed by atoms with van der Waals surface area (Å²) in [6.07, 6.45) is 6.71. The number of anilines is 1. The van der Waals surface area contributed by atoms with Crippen LogP contribution in [-0.2, 0) is 6.54 Å². The largest absolute Gasteiger partial charge is 0.369 e. The number of piperidine rings is 1. The molecular weight excluding hydrogens is 286 g/mol. The Bertz CT molecular complexity index is 624. The normalized spacial score (nSPS) is 20.2. The molecular formula is C15H22ClN5. The second-order valence-electron chi connectivity index (χ2n) is 5.85. The number of hydrogen-bond donors (Lipinski definition) is 1. The van der Waals surface area contributed by atoms with E-state index in [0.717, 1.165) is 30.7 Å². The monoisotopic (exact) mass is 307 g/mol. The third kappa shape index (κ3) is 3.14. The molecule has 1 aliphatic rings. The first-order valence-electron chi connectivity index (χ1n) is 7.66. The van der Waals surface area contributed by atoms with Crippen molar-refractivity contribution in [1.29, 1.82) is 0 Å². The van der Waals surface area contributed by atoms with Crippen LogP contribution in [0.3, 0.4) is 0 Å². The van der Waals surface area contributed by atoms with E-state index in [0.29, 0.717) is 17.0 Å². The number of nitrogens with two attached hydrogens (primary N) is 1. The summed E-state index contributed by atoms with van der Waals surface area (Å²) in [6.45, 7) is 5.49. The molecule has 1 atom stereocenters. The van der Waals surface area contributed by atoms with Gasteiger partial charge < -0.3 is 10.6 Å². The van der Waals surface area contributed by atoms with Gasteiger partial charge in [-0.3, -0.25) is 4.57 Å². The van der Waals surface area contributed by atoms with Crippen molar-refractivity contribution in [3.05, 3.63) is 17.3 Å². The maximum Gasteiger partial charge on any atom is 0.202 e. The number of likely N-dealkylation sites (tertiary alicyclic amines) is 1. The van der Waals surface area contributed by atoms with E-state index in [1.807, 2.05) is 10.6 Å². The third-order valence-electron chi connectivity index (χ3n) is 4.35. The molecule has 0 radical (unpaired) electrons. The van der Waals surface area contributed by atoms with E-state index in [1.54, 1.807) is 6.20 Å². The highest BCUT2D eigenvalue weighted by Gasteiger charge is 2.17. The summed E-state index contributed by atoms with van der Waals surface area (Å²) in [7, 11) is 0. The minimum Gasteiger partial charge on any atom is -0.369 e. The lowest BCUT2D eigenvalue weighted by Gasteiger charge is -2.33. The number of aromatic nitrogens is 3. The van der Waals surface area contributed by atoms with Gasteiger partial charge in [-0.2, -0.15) is 0 Å².